The van der Waals surface area contributed by atoms with Crippen LogP contribution in [0.2, 0.25) is 0 Å². The molecule has 9 N–H and O–H groups in total. The maximum Gasteiger partial charge on any atom is 0.305 e. The third-order valence-electron chi connectivity index (χ3n) is 2.56. The van der Waals surface area contributed by atoms with Crippen molar-refractivity contribution < 1.29 is 60.3 Å². The molecule has 12 nitrogen and oxygen atoms in total. The third kappa shape index (κ3) is 41.6. The summed E-state index contributed by atoms with van der Waals surface area (Å²) in [6, 6.07) is 0. The van der Waals surface area contributed by atoms with Gasteiger partial charge in [0.25, 0.3) is 0 Å². The number of rotatable bonds is 9. The van der Waals surface area contributed by atoms with E-state index in [0.29, 0.717) is 0 Å². The van der Waals surface area contributed by atoms with Crippen molar-refractivity contribution in [3.63, 3.8) is 0 Å². The highest BCUT2D eigenvalue weighted by Gasteiger charge is 2.20. The van der Waals surface area contributed by atoms with Gasteiger partial charge in [-0.2, -0.15) is 0 Å². The van der Waals surface area contributed by atoms with Crippen LogP contribution in [0.5, 0.6) is 0 Å². The van der Waals surface area contributed by atoms with E-state index in [9.17, 15) is 14.4 Å². The highest BCUT2D eigenvalue weighted by Crippen LogP contribution is 2.10. The fourth-order valence-corrected chi connectivity index (χ4v) is 0.908. The molecule has 0 rings (SSSR count). The second kappa shape index (κ2) is 20.9. The Morgan fingerprint density at radius 2 is 0.793 bits per heavy atom. The Kier molecular flexibility index (Phi) is 25.0. The largest absolute Gasteiger partial charge is 0.481 e. The average Bonchev–Trinajstić information content (AvgIpc) is 2.52. The number of aliphatic hydroxyl groups excluding tert-OH is 6. The second-order valence-corrected chi connectivity index (χ2v) is 6.63. The minimum Gasteiger partial charge on any atom is -0.481 e. The molecule has 0 aromatic rings. The summed E-state index contributed by atoms with van der Waals surface area (Å²) >= 11 is 0. The van der Waals surface area contributed by atoms with Crippen LogP contribution in [0.15, 0.2) is 0 Å². The van der Waals surface area contributed by atoms with Crippen molar-refractivity contribution in [2.75, 3.05) is 19.8 Å². The highest BCUT2D eigenvalue weighted by atomic mass is 16.4. The molecule has 3 unspecified atom stereocenters. The molecule has 0 aromatic heterocycles. The Morgan fingerprint density at radius 1 is 0.621 bits per heavy atom. The van der Waals surface area contributed by atoms with E-state index in [0.717, 1.165) is 0 Å². The molecule has 0 spiro atoms. The van der Waals surface area contributed by atoms with Crippen LogP contribution in [-0.4, -0.2) is 102 Å². The fraction of sp³-hybridized carbons (Fsp3) is 0.824. The van der Waals surface area contributed by atoms with E-state index in [4.69, 9.17) is 46.0 Å². The molecule has 0 fully saturated rings. The smallest absolute Gasteiger partial charge is 0.305 e. The summed E-state index contributed by atoms with van der Waals surface area (Å²) in [7, 11) is 0. The van der Waals surface area contributed by atoms with Gasteiger partial charge in [0.05, 0.1) is 57.4 Å². The SMILES string of the molecule is CC(CO)(CO)CO.CC(O)CC(=O)O.CC(O)CC(=O)O.CC(O)CC(=O)O. The summed E-state index contributed by atoms with van der Waals surface area (Å²) in [6.07, 6.45) is -2.67. The minimum atomic E-state index is -0.963. The number of aliphatic hydroxyl groups is 6. The predicted octanol–water partition coefficient (Wildman–Crippen LogP) is -1.50. The van der Waals surface area contributed by atoms with Crippen molar-refractivity contribution in [3.8, 4) is 0 Å². The van der Waals surface area contributed by atoms with Gasteiger partial charge in [-0.25, -0.2) is 0 Å². The average molecular weight is 432 g/mol. The molecule has 0 saturated carbocycles. The summed E-state index contributed by atoms with van der Waals surface area (Å²) in [5, 5.41) is 74.2. The summed E-state index contributed by atoms with van der Waals surface area (Å²) in [4.78, 5) is 28.9. The highest BCUT2D eigenvalue weighted by molar-refractivity contribution is 5.67. The van der Waals surface area contributed by atoms with Gasteiger partial charge in [0.2, 0.25) is 0 Å². The van der Waals surface area contributed by atoms with Crippen LogP contribution in [0.3, 0.4) is 0 Å². The van der Waals surface area contributed by atoms with E-state index < -0.39 is 41.6 Å². The van der Waals surface area contributed by atoms with Crippen molar-refractivity contribution in [2.24, 2.45) is 5.41 Å². The number of carboxylic acid groups (broad SMARTS) is 3. The van der Waals surface area contributed by atoms with Gasteiger partial charge in [-0.1, -0.05) is 6.92 Å². The Hall–Kier alpha value is -1.83. The van der Waals surface area contributed by atoms with E-state index in [1.807, 2.05) is 0 Å². The standard InChI is InChI=1S/C5H12O3.3C4H8O3/c1-5(2-6,3-7)4-8;3*1-3(5)2-4(6)7/h6-8H,2-4H2,1H3;3*3,5H,2H2,1H3,(H,6,7). The molecule has 0 saturated heterocycles. The molecule has 0 bridgehead atoms. The van der Waals surface area contributed by atoms with Gasteiger partial charge in [0, 0.05) is 5.41 Å². The zero-order valence-corrected chi connectivity index (χ0v) is 17.2. The van der Waals surface area contributed by atoms with Crippen LogP contribution in [0.25, 0.3) is 0 Å². The molecule has 0 aliphatic carbocycles. The van der Waals surface area contributed by atoms with E-state index in [1.165, 1.54) is 20.8 Å². The zero-order valence-electron chi connectivity index (χ0n) is 17.2. The molecular weight excluding hydrogens is 396 g/mol. The molecule has 0 aliphatic heterocycles. The minimum absolute atomic E-state index is 0.167. The third-order valence-corrected chi connectivity index (χ3v) is 2.56. The molecule has 0 amide bonds. The Labute approximate surface area is 169 Å². The summed E-state index contributed by atoms with van der Waals surface area (Å²) in [6.45, 7) is 5.38. The first kappa shape index (κ1) is 34.7. The lowest BCUT2D eigenvalue weighted by molar-refractivity contribution is -0.140. The molecule has 0 heterocycles. The van der Waals surface area contributed by atoms with Crippen LogP contribution in [0.4, 0.5) is 0 Å². The molecule has 0 radical (unpaired) electrons. The first-order valence-corrected chi connectivity index (χ1v) is 8.58. The predicted molar refractivity (Wildman–Crippen MR) is 101 cm³/mol. The van der Waals surface area contributed by atoms with E-state index in [1.54, 1.807) is 6.92 Å². The molecule has 29 heavy (non-hydrogen) atoms. The number of hydrogen-bond acceptors (Lipinski definition) is 9. The van der Waals surface area contributed by atoms with E-state index >= 15 is 0 Å². The first-order valence-electron chi connectivity index (χ1n) is 8.58. The second-order valence-electron chi connectivity index (χ2n) is 6.63. The molecular formula is C17H36O12. The topological polar surface area (TPSA) is 233 Å². The summed E-state index contributed by atoms with van der Waals surface area (Å²) < 4.78 is 0. The Balaban J connectivity index is -0.000000144. The van der Waals surface area contributed by atoms with Crippen molar-refractivity contribution in [1.82, 2.24) is 0 Å². The van der Waals surface area contributed by atoms with Gasteiger partial charge in [0.1, 0.15) is 0 Å². The summed E-state index contributed by atoms with van der Waals surface area (Å²) in [5.74, 6) is -2.89. The number of aliphatic carboxylic acids is 3. The number of carbonyl (C=O) groups is 3. The Morgan fingerprint density at radius 3 is 0.793 bits per heavy atom. The molecule has 3 atom stereocenters. The molecule has 0 aliphatic rings. The van der Waals surface area contributed by atoms with Crippen LogP contribution < -0.4 is 0 Å². The van der Waals surface area contributed by atoms with Gasteiger partial charge in [-0.05, 0) is 20.8 Å². The maximum atomic E-state index is 9.65. The van der Waals surface area contributed by atoms with Gasteiger partial charge < -0.3 is 46.0 Å². The van der Waals surface area contributed by atoms with Crippen molar-refractivity contribution in [3.05, 3.63) is 0 Å². The molecule has 0 aromatic carbocycles. The quantitative estimate of drug-likeness (QED) is 0.202. The number of carboxylic acids is 3. The van der Waals surface area contributed by atoms with Crippen LogP contribution in [0, 0.1) is 5.41 Å². The fourth-order valence-electron chi connectivity index (χ4n) is 0.908. The van der Waals surface area contributed by atoms with E-state index in [2.05, 4.69) is 0 Å². The monoisotopic (exact) mass is 432 g/mol. The van der Waals surface area contributed by atoms with Crippen LogP contribution in [-0.2, 0) is 14.4 Å². The first-order chi connectivity index (χ1) is 13.1. The van der Waals surface area contributed by atoms with Gasteiger partial charge in [-0.15, -0.1) is 0 Å². The van der Waals surface area contributed by atoms with E-state index in [-0.39, 0.29) is 39.1 Å². The van der Waals surface area contributed by atoms with Crippen molar-refractivity contribution in [2.45, 2.75) is 65.3 Å². The summed E-state index contributed by atoms with van der Waals surface area (Å²) in [5.41, 5.74) is -0.708. The lowest BCUT2D eigenvalue weighted by atomic mass is 9.95. The number of hydrogen-bond donors (Lipinski definition) is 9. The van der Waals surface area contributed by atoms with Crippen LogP contribution >= 0.6 is 0 Å². The van der Waals surface area contributed by atoms with Crippen molar-refractivity contribution in [1.29, 1.82) is 0 Å². The molecule has 12 heteroatoms. The van der Waals surface area contributed by atoms with Gasteiger partial charge in [-0.3, -0.25) is 14.4 Å². The molecule has 176 valence electrons. The normalized spacial score (nSPS) is 13.0. The maximum absolute atomic E-state index is 9.65. The van der Waals surface area contributed by atoms with Crippen molar-refractivity contribution >= 4 is 17.9 Å². The van der Waals surface area contributed by atoms with Gasteiger partial charge >= 0.3 is 17.9 Å². The lowest BCUT2D eigenvalue weighted by Gasteiger charge is -2.20. The zero-order chi connectivity index (χ0) is 24.2. The Bertz CT molecular complexity index is 361. The lowest BCUT2D eigenvalue weighted by Crippen LogP contribution is -2.29. The van der Waals surface area contributed by atoms with Gasteiger partial charge in [0.15, 0.2) is 0 Å². The van der Waals surface area contributed by atoms with Crippen LogP contribution in [0.1, 0.15) is 47.0 Å².